The second kappa shape index (κ2) is 6.15. The largest absolute Gasteiger partial charge is 0.379 e. The minimum atomic E-state index is -0.971. The molecule has 0 saturated heterocycles. The molecule has 15 heavy (non-hydrogen) atoms. The van der Waals surface area contributed by atoms with Crippen LogP contribution in [-0.2, 0) is 4.74 Å². The second-order valence-electron chi connectivity index (χ2n) is 4.68. The van der Waals surface area contributed by atoms with Gasteiger partial charge in [-0.2, -0.15) is 0 Å². The van der Waals surface area contributed by atoms with E-state index in [1.807, 2.05) is 0 Å². The third-order valence-corrected chi connectivity index (χ3v) is 2.95. The number of methoxy groups -OCH3 is 1. The van der Waals surface area contributed by atoms with Crippen LogP contribution in [0, 0.1) is 12.3 Å². The molecule has 0 aliphatic heterocycles. The van der Waals surface area contributed by atoms with Crippen LogP contribution in [0.1, 0.15) is 52.9 Å². The van der Waals surface area contributed by atoms with Crippen molar-refractivity contribution in [3.8, 4) is 12.3 Å². The Labute approximate surface area is 94.0 Å². The molecule has 88 valence electrons. The molecule has 0 heterocycles. The van der Waals surface area contributed by atoms with Crippen molar-refractivity contribution in [1.29, 1.82) is 0 Å². The van der Waals surface area contributed by atoms with Crippen LogP contribution in [0.3, 0.4) is 0 Å². The SMILES string of the molecule is C#C[C@](C)(O)CCC[C@@](C)(CCC)OC. The Morgan fingerprint density at radius 2 is 1.87 bits per heavy atom. The van der Waals surface area contributed by atoms with E-state index in [2.05, 4.69) is 19.8 Å². The van der Waals surface area contributed by atoms with E-state index in [0.717, 1.165) is 25.7 Å². The average Bonchev–Trinajstić information content (AvgIpc) is 2.18. The first-order valence-corrected chi connectivity index (χ1v) is 5.64. The van der Waals surface area contributed by atoms with Crippen LogP contribution >= 0.6 is 0 Å². The maximum Gasteiger partial charge on any atom is 0.122 e. The molecule has 0 amide bonds. The second-order valence-corrected chi connectivity index (χ2v) is 4.68. The van der Waals surface area contributed by atoms with Crippen molar-refractivity contribution in [3.05, 3.63) is 0 Å². The molecule has 2 nitrogen and oxygen atoms in total. The summed E-state index contributed by atoms with van der Waals surface area (Å²) < 4.78 is 5.49. The number of terminal acetylenes is 1. The summed E-state index contributed by atoms with van der Waals surface area (Å²) in [4.78, 5) is 0. The lowest BCUT2D eigenvalue weighted by atomic mass is 9.90. The zero-order valence-corrected chi connectivity index (χ0v) is 10.5. The van der Waals surface area contributed by atoms with Crippen LogP contribution in [0.5, 0.6) is 0 Å². The summed E-state index contributed by atoms with van der Waals surface area (Å²) in [5, 5.41) is 9.65. The van der Waals surface area contributed by atoms with E-state index >= 15 is 0 Å². The summed E-state index contributed by atoms with van der Waals surface area (Å²) in [6.07, 6.45) is 9.83. The van der Waals surface area contributed by atoms with Crippen LogP contribution in [0.2, 0.25) is 0 Å². The van der Waals surface area contributed by atoms with Crippen LogP contribution in [-0.4, -0.2) is 23.4 Å². The van der Waals surface area contributed by atoms with Crippen molar-refractivity contribution < 1.29 is 9.84 Å². The maximum atomic E-state index is 9.65. The Morgan fingerprint density at radius 1 is 1.27 bits per heavy atom. The van der Waals surface area contributed by atoms with E-state index < -0.39 is 5.60 Å². The van der Waals surface area contributed by atoms with Crippen molar-refractivity contribution in [2.24, 2.45) is 0 Å². The molecule has 0 fully saturated rings. The molecule has 0 aromatic carbocycles. The normalized spacial score (nSPS) is 18.9. The molecule has 1 N–H and O–H groups in total. The molecule has 0 aliphatic carbocycles. The predicted octanol–water partition coefficient (Wildman–Crippen LogP) is 2.75. The molecule has 0 saturated carbocycles. The predicted molar refractivity (Wildman–Crippen MR) is 63.6 cm³/mol. The fourth-order valence-corrected chi connectivity index (χ4v) is 1.74. The first-order chi connectivity index (χ1) is 6.89. The van der Waals surface area contributed by atoms with Crippen molar-refractivity contribution in [1.82, 2.24) is 0 Å². The smallest absolute Gasteiger partial charge is 0.122 e. The minimum Gasteiger partial charge on any atom is -0.379 e. The zero-order chi connectivity index (χ0) is 11.9. The quantitative estimate of drug-likeness (QED) is 0.657. The Kier molecular flexibility index (Phi) is 5.93. The Morgan fingerprint density at radius 3 is 2.27 bits per heavy atom. The highest BCUT2D eigenvalue weighted by atomic mass is 16.5. The summed E-state index contributed by atoms with van der Waals surface area (Å²) in [5.74, 6) is 2.39. The van der Waals surface area contributed by atoms with Gasteiger partial charge in [0.1, 0.15) is 5.60 Å². The van der Waals surface area contributed by atoms with Gasteiger partial charge in [0.2, 0.25) is 0 Å². The van der Waals surface area contributed by atoms with Gasteiger partial charge in [-0.3, -0.25) is 0 Å². The van der Waals surface area contributed by atoms with E-state index in [1.165, 1.54) is 0 Å². The van der Waals surface area contributed by atoms with E-state index in [4.69, 9.17) is 11.2 Å². The van der Waals surface area contributed by atoms with Gasteiger partial charge in [-0.15, -0.1) is 6.42 Å². The van der Waals surface area contributed by atoms with Gasteiger partial charge in [0, 0.05) is 7.11 Å². The molecule has 0 unspecified atom stereocenters. The van der Waals surface area contributed by atoms with E-state index in [0.29, 0.717) is 6.42 Å². The van der Waals surface area contributed by atoms with Crippen LogP contribution in [0.4, 0.5) is 0 Å². The summed E-state index contributed by atoms with van der Waals surface area (Å²) in [6, 6.07) is 0. The number of hydrogen-bond acceptors (Lipinski definition) is 2. The van der Waals surface area contributed by atoms with Gasteiger partial charge in [0.15, 0.2) is 0 Å². The minimum absolute atomic E-state index is 0.0700. The fraction of sp³-hybridized carbons (Fsp3) is 0.846. The highest BCUT2D eigenvalue weighted by molar-refractivity contribution is 5.04. The summed E-state index contributed by atoms with van der Waals surface area (Å²) in [7, 11) is 1.75. The van der Waals surface area contributed by atoms with Gasteiger partial charge in [0.05, 0.1) is 5.60 Å². The van der Waals surface area contributed by atoms with E-state index in [-0.39, 0.29) is 5.60 Å². The summed E-state index contributed by atoms with van der Waals surface area (Å²) >= 11 is 0. The standard InChI is InChI=1S/C13H24O2/c1-6-9-13(4,15-5)11-8-10-12(3,14)7-2/h2,14H,6,8-11H2,1,3-5H3/t12-,13+/m0/s1. The van der Waals surface area contributed by atoms with Gasteiger partial charge in [0.25, 0.3) is 0 Å². The van der Waals surface area contributed by atoms with Gasteiger partial charge < -0.3 is 9.84 Å². The number of aliphatic hydroxyl groups is 1. The highest BCUT2D eigenvalue weighted by Crippen LogP contribution is 2.25. The summed E-state index contributed by atoms with van der Waals surface area (Å²) in [6.45, 7) is 5.94. The third-order valence-electron chi connectivity index (χ3n) is 2.95. The first kappa shape index (κ1) is 14.5. The van der Waals surface area contributed by atoms with Crippen LogP contribution < -0.4 is 0 Å². The molecule has 0 spiro atoms. The van der Waals surface area contributed by atoms with E-state index in [9.17, 15) is 5.11 Å². The lowest BCUT2D eigenvalue weighted by Crippen LogP contribution is -2.28. The Bertz CT molecular complexity index is 215. The number of hydrogen-bond donors (Lipinski definition) is 1. The van der Waals surface area contributed by atoms with Crippen LogP contribution in [0.15, 0.2) is 0 Å². The third kappa shape index (κ3) is 5.81. The molecule has 0 aliphatic rings. The van der Waals surface area contributed by atoms with Gasteiger partial charge >= 0.3 is 0 Å². The van der Waals surface area contributed by atoms with Crippen molar-refractivity contribution in [2.45, 2.75) is 64.1 Å². The van der Waals surface area contributed by atoms with Crippen molar-refractivity contribution in [3.63, 3.8) is 0 Å². The molecule has 0 aromatic rings. The summed E-state index contributed by atoms with van der Waals surface area (Å²) in [5.41, 5.74) is -1.04. The van der Waals surface area contributed by atoms with Crippen molar-refractivity contribution >= 4 is 0 Å². The highest BCUT2D eigenvalue weighted by Gasteiger charge is 2.24. The van der Waals surface area contributed by atoms with E-state index in [1.54, 1.807) is 14.0 Å². The topological polar surface area (TPSA) is 29.5 Å². The lowest BCUT2D eigenvalue weighted by Gasteiger charge is -2.28. The van der Waals surface area contributed by atoms with Gasteiger partial charge in [-0.25, -0.2) is 0 Å². The fourth-order valence-electron chi connectivity index (χ4n) is 1.74. The molecule has 0 aromatic heterocycles. The molecule has 2 atom stereocenters. The van der Waals surface area contributed by atoms with Gasteiger partial charge in [-0.1, -0.05) is 19.3 Å². The van der Waals surface area contributed by atoms with Crippen molar-refractivity contribution in [2.75, 3.05) is 7.11 Å². The first-order valence-electron chi connectivity index (χ1n) is 5.64. The Hall–Kier alpha value is -0.520. The molecule has 0 rings (SSSR count). The zero-order valence-electron chi connectivity index (χ0n) is 10.5. The van der Waals surface area contributed by atoms with Gasteiger partial charge in [-0.05, 0) is 39.5 Å². The lowest BCUT2D eigenvalue weighted by molar-refractivity contribution is -0.0144. The maximum absolute atomic E-state index is 9.65. The average molecular weight is 212 g/mol. The molecule has 2 heteroatoms. The number of ether oxygens (including phenoxy) is 1. The number of rotatable bonds is 7. The molecule has 0 radical (unpaired) electrons. The molecule has 0 bridgehead atoms. The molecular formula is C13H24O2. The molecular weight excluding hydrogens is 188 g/mol. The Balaban J connectivity index is 3.98. The van der Waals surface area contributed by atoms with Crippen LogP contribution in [0.25, 0.3) is 0 Å². The monoisotopic (exact) mass is 212 g/mol.